The maximum atomic E-state index is 13.9. The summed E-state index contributed by atoms with van der Waals surface area (Å²) in [5.41, 5.74) is 0.699. The number of carbonyl (C=O) groups excluding carboxylic acids is 2. The van der Waals surface area contributed by atoms with Crippen LogP contribution >= 0.6 is 0 Å². The molecule has 2 amide bonds. The summed E-state index contributed by atoms with van der Waals surface area (Å²) in [6.07, 6.45) is 1.96. The fourth-order valence-corrected chi connectivity index (χ4v) is 5.35. The zero-order chi connectivity index (χ0) is 22.0. The molecule has 3 heterocycles. The van der Waals surface area contributed by atoms with Gasteiger partial charge in [0.1, 0.15) is 0 Å². The molecule has 6 heteroatoms. The molecule has 32 heavy (non-hydrogen) atoms. The van der Waals surface area contributed by atoms with Crippen molar-refractivity contribution in [1.82, 2.24) is 9.80 Å². The number of morpholine rings is 1. The van der Waals surface area contributed by atoms with Crippen molar-refractivity contribution in [2.45, 2.75) is 24.4 Å². The normalized spacial score (nSPS) is 26.6. The van der Waals surface area contributed by atoms with Gasteiger partial charge in [0.25, 0.3) is 11.8 Å². The Hall–Kier alpha value is -2.70. The van der Waals surface area contributed by atoms with Gasteiger partial charge in [-0.3, -0.25) is 9.59 Å². The van der Waals surface area contributed by atoms with Crippen LogP contribution in [0.25, 0.3) is 0 Å². The predicted octanol–water partition coefficient (Wildman–Crippen LogP) is 2.95. The first-order valence-electron chi connectivity index (χ1n) is 11.6. The number of likely N-dealkylation sites (tertiary alicyclic amines) is 1. The molecular formula is C26H30N2O4. The van der Waals surface area contributed by atoms with Crippen molar-refractivity contribution in [3.8, 4) is 0 Å². The van der Waals surface area contributed by atoms with Crippen molar-refractivity contribution in [1.29, 1.82) is 0 Å². The molecule has 0 radical (unpaired) electrons. The fourth-order valence-electron chi connectivity index (χ4n) is 5.35. The first kappa shape index (κ1) is 21.2. The molecule has 0 aliphatic carbocycles. The Labute approximate surface area is 189 Å². The minimum absolute atomic E-state index is 0.0170. The number of benzene rings is 2. The molecule has 0 aromatic heterocycles. The van der Waals surface area contributed by atoms with Crippen molar-refractivity contribution < 1.29 is 19.1 Å². The Kier molecular flexibility index (Phi) is 5.98. The Balaban J connectivity index is 1.44. The van der Waals surface area contributed by atoms with Crippen molar-refractivity contribution in [3.05, 3.63) is 71.8 Å². The molecule has 0 saturated carbocycles. The highest BCUT2D eigenvalue weighted by molar-refractivity contribution is 5.96. The number of hydrogen-bond acceptors (Lipinski definition) is 4. The summed E-state index contributed by atoms with van der Waals surface area (Å²) < 4.78 is 11.8. The van der Waals surface area contributed by atoms with Crippen LogP contribution in [0.15, 0.2) is 60.7 Å². The van der Waals surface area contributed by atoms with E-state index in [9.17, 15) is 9.59 Å². The lowest BCUT2D eigenvalue weighted by molar-refractivity contribution is -0.160. The van der Waals surface area contributed by atoms with E-state index in [1.54, 1.807) is 4.90 Å². The Morgan fingerprint density at radius 1 is 0.969 bits per heavy atom. The number of carbonyl (C=O) groups is 2. The molecular weight excluding hydrogens is 404 g/mol. The monoisotopic (exact) mass is 434 g/mol. The van der Waals surface area contributed by atoms with Crippen molar-refractivity contribution >= 4 is 11.8 Å². The van der Waals surface area contributed by atoms with Crippen LogP contribution in [-0.2, 0) is 14.3 Å². The lowest BCUT2D eigenvalue weighted by Crippen LogP contribution is -2.59. The quantitative estimate of drug-likeness (QED) is 0.743. The molecule has 168 valence electrons. The van der Waals surface area contributed by atoms with Crippen molar-refractivity contribution in [2.75, 3.05) is 46.0 Å². The highest BCUT2D eigenvalue weighted by Crippen LogP contribution is 2.42. The summed E-state index contributed by atoms with van der Waals surface area (Å²) in [4.78, 5) is 30.9. The molecule has 5 rings (SSSR count). The summed E-state index contributed by atoms with van der Waals surface area (Å²) >= 11 is 0. The third kappa shape index (κ3) is 3.93. The number of rotatable bonds is 4. The summed E-state index contributed by atoms with van der Waals surface area (Å²) in [6.45, 7) is 3.99. The Bertz CT molecular complexity index is 945. The van der Waals surface area contributed by atoms with E-state index >= 15 is 0 Å². The van der Waals surface area contributed by atoms with Crippen molar-refractivity contribution in [2.24, 2.45) is 5.92 Å². The van der Waals surface area contributed by atoms with Gasteiger partial charge in [-0.05, 0) is 36.5 Å². The van der Waals surface area contributed by atoms with E-state index in [-0.39, 0.29) is 24.3 Å². The highest BCUT2D eigenvalue weighted by atomic mass is 16.5. The van der Waals surface area contributed by atoms with Gasteiger partial charge in [0.15, 0.2) is 5.60 Å². The molecule has 2 aromatic carbocycles. The van der Waals surface area contributed by atoms with E-state index in [0.717, 1.165) is 38.2 Å². The first-order valence-corrected chi connectivity index (χ1v) is 11.6. The lowest BCUT2D eigenvalue weighted by Gasteiger charge is -2.42. The van der Waals surface area contributed by atoms with E-state index in [0.29, 0.717) is 31.2 Å². The molecule has 3 aliphatic rings. The molecule has 1 spiro atoms. The second-order valence-electron chi connectivity index (χ2n) is 9.06. The highest BCUT2D eigenvalue weighted by Gasteiger charge is 2.58. The second-order valence-corrected chi connectivity index (χ2v) is 9.06. The lowest BCUT2D eigenvalue weighted by atomic mass is 9.83. The van der Waals surface area contributed by atoms with Crippen molar-refractivity contribution in [3.63, 3.8) is 0 Å². The molecule has 2 atom stereocenters. The van der Waals surface area contributed by atoms with Gasteiger partial charge >= 0.3 is 0 Å². The number of amides is 2. The standard InChI is InChI=1S/C26H30N2O4/c29-24(22-9-5-2-6-10-22)27-13-16-32-26(19-27)23(21-7-3-1-4-8-21)18-28(25(26)30)17-20-11-14-31-15-12-20/h1-10,20,23H,11-19H2/t23-,26+/m1/s1. The molecule has 6 nitrogen and oxygen atoms in total. The number of hydrogen-bond donors (Lipinski definition) is 0. The van der Waals surface area contributed by atoms with Crippen LogP contribution < -0.4 is 0 Å². The van der Waals surface area contributed by atoms with Gasteiger partial charge in [0.2, 0.25) is 0 Å². The van der Waals surface area contributed by atoms with E-state index in [1.165, 1.54) is 0 Å². The van der Waals surface area contributed by atoms with Gasteiger partial charge in [-0.1, -0.05) is 48.5 Å². The van der Waals surface area contributed by atoms with Crippen LogP contribution in [0, 0.1) is 5.92 Å². The molecule has 0 unspecified atom stereocenters. The molecule has 3 aliphatic heterocycles. The molecule has 3 fully saturated rings. The van der Waals surface area contributed by atoms with Gasteiger partial charge < -0.3 is 19.3 Å². The Morgan fingerprint density at radius 3 is 2.38 bits per heavy atom. The minimum atomic E-state index is -1.03. The van der Waals surface area contributed by atoms with Gasteiger partial charge in [0, 0.05) is 44.3 Å². The average Bonchev–Trinajstić information content (AvgIpc) is 3.11. The summed E-state index contributed by atoms with van der Waals surface area (Å²) in [5.74, 6) is 0.312. The summed E-state index contributed by atoms with van der Waals surface area (Å²) in [7, 11) is 0. The van der Waals surface area contributed by atoms with E-state index in [2.05, 4.69) is 12.1 Å². The van der Waals surface area contributed by atoms with Gasteiger partial charge in [-0.25, -0.2) is 0 Å². The van der Waals surface area contributed by atoms with Crippen LogP contribution in [0.3, 0.4) is 0 Å². The van der Waals surface area contributed by atoms with Gasteiger partial charge in [-0.2, -0.15) is 0 Å². The topological polar surface area (TPSA) is 59.1 Å². The van der Waals surface area contributed by atoms with E-state index in [4.69, 9.17) is 9.47 Å². The van der Waals surface area contributed by atoms with E-state index in [1.807, 2.05) is 53.4 Å². The molecule has 0 bridgehead atoms. The third-order valence-corrected chi connectivity index (χ3v) is 7.09. The first-order chi connectivity index (χ1) is 15.7. The summed E-state index contributed by atoms with van der Waals surface area (Å²) in [5, 5.41) is 0. The Morgan fingerprint density at radius 2 is 1.66 bits per heavy atom. The maximum absolute atomic E-state index is 13.9. The van der Waals surface area contributed by atoms with Crippen LogP contribution in [0.2, 0.25) is 0 Å². The average molecular weight is 435 g/mol. The summed E-state index contributed by atoms with van der Waals surface area (Å²) in [6, 6.07) is 19.4. The van der Waals surface area contributed by atoms with Crippen LogP contribution in [-0.4, -0.2) is 73.2 Å². The zero-order valence-corrected chi connectivity index (χ0v) is 18.3. The molecule has 3 saturated heterocycles. The van der Waals surface area contributed by atoms with Crippen LogP contribution in [0.4, 0.5) is 0 Å². The smallest absolute Gasteiger partial charge is 0.257 e. The third-order valence-electron chi connectivity index (χ3n) is 7.09. The predicted molar refractivity (Wildman–Crippen MR) is 120 cm³/mol. The van der Waals surface area contributed by atoms with Gasteiger partial charge in [0.05, 0.1) is 13.2 Å². The van der Waals surface area contributed by atoms with Crippen LogP contribution in [0.5, 0.6) is 0 Å². The molecule has 0 N–H and O–H groups in total. The zero-order valence-electron chi connectivity index (χ0n) is 18.3. The maximum Gasteiger partial charge on any atom is 0.257 e. The fraction of sp³-hybridized carbons (Fsp3) is 0.462. The van der Waals surface area contributed by atoms with Gasteiger partial charge in [-0.15, -0.1) is 0 Å². The van der Waals surface area contributed by atoms with Crippen LogP contribution in [0.1, 0.15) is 34.7 Å². The largest absolute Gasteiger partial charge is 0.381 e. The minimum Gasteiger partial charge on any atom is -0.381 e. The number of nitrogens with zero attached hydrogens (tertiary/aromatic N) is 2. The van der Waals surface area contributed by atoms with E-state index < -0.39 is 5.60 Å². The number of ether oxygens (including phenoxy) is 2. The molecule has 2 aromatic rings. The SMILES string of the molecule is O=C(c1ccccc1)N1CCO[C@]2(C1)C(=O)N(CC1CCOCC1)C[C@@H]2c1ccccc1. The second kappa shape index (κ2) is 9.04.